The minimum atomic E-state index is -0.284. The molecule has 0 bridgehead atoms. The fourth-order valence-electron chi connectivity index (χ4n) is 3.20. The molecule has 1 atom stereocenters. The lowest BCUT2D eigenvalue weighted by molar-refractivity contribution is -0.148. The van der Waals surface area contributed by atoms with Gasteiger partial charge in [-0.2, -0.15) is 0 Å². The van der Waals surface area contributed by atoms with Gasteiger partial charge in [0.15, 0.2) is 0 Å². The predicted octanol–water partition coefficient (Wildman–Crippen LogP) is 3.56. The molecule has 1 unspecified atom stereocenters. The summed E-state index contributed by atoms with van der Waals surface area (Å²) in [4.78, 5) is 14.4. The van der Waals surface area contributed by atoms with Crippen LogP contribution in [0, 0.1) is 0 Å². The summed E-state index contributed by atoms with van der Waals surface area (Å²) in [6, 6.07) is 13.9. The van der Waals surface area contributed by atoms with Gasteiger partial charge in [-0.25, -0.2) is 0 Å². The van der Waals surface area contributed by atoms with Gasteiger partial charge in [-0.15, -0.1) is 0 Å². The average Bonchev–Trinajstić information content (AvgIpc) is 2.60. The van der Waals surface area contributed by atoms with Crippen LogP contribution in [0.1, 0.15) is 16.7 Å². The molecule has 0 fully saturated rings. The maximum atomic E-state index is 12.3. The molecule has 0 spiro atoms. The molecule has 126 valence electrons. The van der Waals surface area contributed by atoms with E-state index in [1.54, 1.807) is 7.11 Å². The van der Waals surface area contributed by atoms with Crippen molar-refractivity contribution < 1.29 is 14.3 Å². The van der Waals surface area contributed by atoms with Crippen molar-refractivity contribution in [1.82, 2.24) is 4.90 Å². The number of ether oxygens (including phenoxy) is 2. The molecule has 1 aliphatic rings. The van der Waals surface area contributed by atoms with Crippen LogP contribution in [0.4, 0.5) is 0 Å². The highest BCUT2D eigenvalue weighted by Gasteiger charge is 2.32. The number of methoxy groups -OCH3 is 2. The summed E-state index contributed by atoms with van der Waals surface area (Å²) in [6.45, 7) is 1.34. The maximum absolute atomic E-state index is 12.3. The fourth-order valence-corrected chi connectivity index (χ4v) is 3.61. The van der Waals surface area contributed by atoms with Crippen LogP contribution in [0.2, 0.25) is 0 Å². The molecular weight excluding hydrogens is 370 g/mol. The number of rotatable bonds is 4. The molecule has 2 aromatic carbocycles. The van der Waals surface area contributed by atoms with Crippen molar-refractivity contribution in [3.63, 3.8) is 0 Å². The molecule has 3 rings (SSSR count). The summed E-state index contributed by atoms with van der Waals surface area (Å²) in [5.41, 5.74) is 3.51. The van der Waals surface area contributed by atoms with Gasteiger partial charge in [-0.05, 0) is 35.7 Å². The van der Waals surface area contributed by atoms with E-state index in [9.17, 15) is 4.79 Å². The zero-order chi connectivity index (χ0) is 17.1. The Labute approximate surface area is 150 Å². The summed E-state index contributed by atoms with van der Waals surface area (Å²) in [6.07, 6.45) is 0.666. The van der Waals surface area contributed by atoms with Gasteiger partial charge in [0.25, 0.3) is 0 Å². The molecule has 0 aliphatic carbocycles. The third kappa shape index (κ3) is 3.47. The highest BCUT2D eigenvalue weighted by atomic mass is 79.9. The fraction of sp³-hybridized carbons (Fsp3) is 0.316. The monoisotopic (exact) mass is 389 g/mol. The molecule has 4 nitrogen and oxygen atoms in total. The van der Waals surface area contributed by atoms with Crippen LogP contribution in [-0.4, -0.2) is 31.1 Å². The van der Waals surface area contributed by atoms with Crippen molar-refractivity contribution >= 4 is 21.9 Å². The first-order valence-electron chi connectivity index (χ1n) is 7.83. The van der Waals surface area contributed by atoms with Gasteiger partial charge in [0, 0.05) is 23.1 Å². The molecule has 0 aromatic heterocycles. The lowest BCUT2D eigenvalue weighted by atomic mass is 9.93. The third-order valence-electron chi connectivity index (χ3n) is 4.44. The van der Waals surface area contributed by atoms with E-state index in [1.807, 2.05) is 30.3 Å². The van der Waals surface area contributed by atoms with Crippen molar-refractivity contribution in [3.8, 4) is 5.75 Å². The number of hydrogen-bond donors (Lipinski definition) is 0. The topological polar surface area (TPSA) is 38.8 Å². The Morgan fingerprint density at radius 3 is 2.67 bits per heavy atom. The molecule has 1 heterocycles. The van der Waals surface area contributed by atoms with E-state index in [2.05, 4.69) is 33.0 Å². The van der Waals surface area contributed by atoms with Crippen molar-refractivity contribution in [3.05, 3.63) is 63.6 Å². The molecule has 24 heavy (non-hydrogen) atoms. The average molecular weight is 390 g/mol. The Morgan fingerprint density at radius 2 is 1.96 bits per heavy atom. The molecule has 1 aliphatic heterocycles. The van der Waals surface area contributed by atoms with Crippen LogP contribution >= 0.6 is 15.9 Å². The van der Waals surface area contributed by atoms with Gasteiger partial charge in [0.1, 0.15) is 11.8 Å². The second-order valence-electron chi connectivity index (χ2n) is 5.87. The molecule has 0 saturated carbocycles. The minimum Gasteiger partial charge on any atom is -0.496 e. The standard InChI is InChI=1S/C19H20BrNO3/c1-23-18-8-7-16(20)9-15(18)12-21-11-14-6-4-3-5-13(14)10-17(21)19(22)24-2/h3-9,17H,10-12H2,1-2H3. The summed E-state index contributed by atoms with van der Waals surface area (Å²) in [5, 5.41) is 0. The molecule has 2 aromatic rings. The Morgan fingerprint density at radius 1 is 1.21 bits per heavy atom. The van der Waals surface area contributed by atoms with E-state index >= 15 is 0 Å². The Bertz CT molecular complexity index is 747. The van der Waals surface area contributed by atoms with Crippen LogP contribution in [0.15, 0.2) is 46.9 Å². The molecule has 5 heteroatoms. The smallest absolute Gasteiger partial charge is 0.323 e. The van der Waals surface area contributed by atoms with Crippen LogP contribution in [0.5, 0.6) is 5.75 Å². The van der Waals surface area contributed by atoms with E-state index in [4.69, 9.17) is 9.47 Å². The van der Waals surface area contributed by atoms with Gasteiger partial charge >= 0.3 is 5.97 Å². The van der Waals surface area contributed by atoms with E-state index in [0.29, 0.717) is 19.5 Å². The highest BCUT2D eigenvalue weighted by molar-refractivity contribution is 9.10. The summed E-state index contributed by atoms with van der Waals surface area (Å²) in [7, 11) is 3.11. The van der Waals surface area contributed by atoms with Gasteiger partial charge in [0.05, 0.1) is 14.2 Å². The first kappa shape index (κ1) is 17.0. The van der Waals surface area contributed by atoms with Crippen molar-refractivity contribution in [2.75, 3.05) is 14.2 Å². The molecular formula is C19H20BrNO3. The van der Waals surface area contributed by atoms with Crippen LogP contribution in [0.25, 0.3) is 0 Å². The summed E-state index contributed by atoms with van der Waals surface area (Å²) >= 11 is 3.51. The zero-order valence-corrected chi connectivity index (χ0v) is 15.4. The van der Waals surface area contributed by atoms with E-state index in [0.717, 1.165) is 15.8 Å². The van der Waals surface area contributed by atoms with Gasteiger partial charge < -0.3 is 9.47 Å². The van der Waals surface area contributed by atoms with E-state index in [1.165, 1.54) is 18.2 Å². The first-order chi connectivity index (χ1) is 11.6. The second-order valence-corrected chi connectivity index (χ2v) is 6.79. The predicted molar refractivity (Wildman–Crippen MR) is 95.9 cm³/mol. The number of nitrogens with zero attached hydrogens (tertiary/aromatic N) is 1. The Hall–Kier alpha value is -1.85. The maximum Gasteiger partial charge on any atom is 0.323 e. The Kier molecular flexibility index (Phi) is 5.21. The Balaban J connectivity index is 1.92. The zero-order valence-electron chi connectivity index (χ0n) is 13.8. The van der Waals surface area contributed by atoms with Crippen molar-refractivity contribution in [1.29, 1.82) is 0 Å². The largest absolute Gasteiger partial charge is 0.496 e. The highest BCUT2D eigenvalue weighted by Crippen LogP contribution is 2.29. The molecule has 0 amide bonds. The van der Waals surface area contributed by atoms with Crippen molar-refractivity contribution in [2.45, 2.75) is 25.6 Å². The van der Waals surface area contributed by atoms with Crippen LogP contribution in [-0.2, 0) is 29.0 Å². The third-order valence-corrected chi connectivity index (χ3v) is 4.93. The van der Waals surface area contributed by atoms with E-state index < -0.39 is 0 Å². The second kappa shape index (κ2) is 7.36. The quantitative estimate of drug-likeness (QED) is 0.749. The number of fused-ring (bicyclic) bond motifs is 1. The molecule has 0 N–H and O–H groups in total. The lowest BCUT2D eigenvalue weighted by Gasteiger charge is -2.35. The molecule has 0 radical (unpaired) electrons. The number of carbonyl (C=O) groups is 1. The number of benzene rings is 2. The SMILES string of the molecule is COC(=O)C1Cc2ccccc2CN1Cc1cc(Br)ccc1OC. The number of carbonyl (C=O) groups excluding carboxylic acids is 1. The van der Waals surface area contributed by atoms with Crippen LogP contribution < -0.4 is 4.74 Å². The van der Waals surface area contributed by atoms with Crippen molar-refractivity contribution in [2.24, 2.45) is 0 Å². The van der Waals surface area contributed by atoms with Crippen LogP contribution in [0.3, 0.4) is 0 Å². The minimum absolute atomic E-state index is 0.196. The first-order valence-corrected chi connectivity index (χ1v) is 8.62. The number of halogens is 1. The van der Waals surface area contributed by atoms with Gasteiger partial charge in [-0.1, -0.05) is 40.2 Å². The van der Waals surface area contributed by atoms with E-state index in [-0.39, 0.29) is 12.0 Å². The number of hydrogen-bond acceptors (Lipinski definition) is 4. The molecule has 0 saturated heterocycles. The lowest BCUT2D eigenvalue weighted by Crippen LogP contribution is -2.45. The van der Waals surface area contributed by atoms with Gasteiger partial charge in [0.2, 0.25) is 0 Å². The van der Waals surface area contributed by atoms with Gasteiger partial charge in [-0.3, -0.25) is 9.69 Å². The summed E-state index contributed by atoms with van der Waals surface area (Å²) in [5.74, 6) is 0.624. The summed E-state index contributed by atoms with van der Waals surface area (Å²) < 4.78 is 11.5. The normalized spacial score (nSPS) is 17.2. The number of esters is 1.